The van der Waals surface area contributed by atoms with Gasteiger partial charge in [-0.05, 0) is 56.7 Å². The van der Waals surface area contributed by atoms with Gasteiger partial charge in [-0.1, -0.05) is 81.7 Å². The zero-order chi connectivity index (χ0) is 16.3. The van der Waals surface area contributed by atoms with Gasteiger partial charge in [0, 0.05) is 4.47 Å². The van der Waals surface area contributed by atoms with Gasteiger partial charge in [0.1, 0.15) is 0 Å². The van der Waals surface area contributed by atoms with Gasteiger partial charge in [0.15, 0.2) is 0 Å². The summed E-state index contributed by atoms with van der Waals surface area (Å²) in [6, 6.07) is 11.2. The highest BCUT2D eigenvalue weighted by molar-refractivity contribution is 9.10. The Balaban J connectivity index is 2.39. The molecule has 0 spiro atoms. The summed E-state index contributed by atoms with van der Waals surface area (Å²) in [5.74, 6) is 0. The van der Waals surface area contributed by atoms with E-state index in [-0.39, 0.29) is 10.8 Å². The van der Waals surface area contributed by atoms with E-state index in [1.807, 2.05) is 0 Å². The number of fused-ring (bicyclic) bond motifs is 3. The third-order valence-corrected chi connectivity index (χ3v) is 5.22. The van der Waals surface area contributed by atoms with Gasteiger partial charge in [0.05, 0.1) is 0 Å². The zero-order valence-corrected chi connectivity index (χ0v) is 16.1. The molecule has 1 aliphatic carbocycles. The molecule has 0 saturated carbocycles. The predicted octanol–water partition coefficient (Wildman–Crippen LogP) is 6.62. The summed E-state index contributed by atoms with van der Waals surface area (Å²) >= 11 is 3.86. The summed E-state index contributed by atoms with van der Waals surface area (Å²) < 4.78 is 1.24. The van der Waals surface area contributed by atoms with Crippen molar-refractivity contribution in [3.63, 3.8) is 0 Å². The molecule has 0 atom stereocenters. The maximum atomic E-state index is 3.86. The lowest BCUT2D eigenvalue weighted by Crippen LogP contribution is -2.24. The molecule has 22 heavy (non-hydrogen) atoms. The zero-order valence-electron chi connectivity index (χ0n) is 14.5. The fourth-order valence-corrected chi connectivity index (χ4v) is 4.41. The first kappa shape index (κ1) is 15.8. The van der Waals surface area contributed by atoms with Crippen LogP contribution in [-0.4, -0.2) is 0 Å². The summed E-state index contributed by atoms with van der Waals surface area (Å²) in [6.45, 7) is 14.0. The average Bonchev–Trinajstić information content (AvgIpc) is 2.75. The Kier molecular flexibility index (Phi) is 3.56. The van der Waals surface area contributed by atoms with Gasteiger partial charge in [-0.2, -0.15) is 0 Å². The van der Waals surface area contributed by atoms with Crippen molar-refractivity contribution in [3.05, 3.63) is 57.1 Å². The number of benzene rings is 2. The Bertz CT molecular complexity index is 740. The molecule has 2 aromatic rings. The lowest BCUT2D eigenvalue weighted by Gasteiger charge is -2.33. The first-order chi connectivity index (χ1) is 10.1. The van der Waals surface area contributed by atoms with E-state index in [2.05, 4.69) is 87.8 Å². The second-order valence-corrected chi connectivity index (χ2v) is 9.32. The van der Waals surface area contributed by atoms with Gasteiger partial charge in [0.2, 0.25) is 0 Å². The second kappa shape index (κ2) is 4.96. The van der Waals surface area contributed by atoms with E-state index in [1.54, 1.807) is 0 Å². The van der Waals surface area contributed by atoms with E-state index in [4.69, 9.17) is 0 Å². The van der Waals surface area contributed by atoms with Crippen LogP contribution in [0, 0.1) is 0 Å². The Hall–Kier alpha value is -1.08. The van der Waals surface area contributed by atoms with Crippen LogP contribution in [0.25, 0.3) is 11.1 Å². The molecule has 0 radical (unpaired) electrons. The molecule has 1 aliphatic rings. The van der Waals surface area contributed by atoms with Crippen molar-refractivity contribution in [2.75, 3.05) is 0 Å². The molecule has 3 rings (SSSR count). The van der Waals surface area contributed by atoms with Crippen LogP contribution >= 0.6 is 15.9 Å². The molecule has 2 aromatic carbocycles. The van der Waals surface area contributed by atoms with Gasteiger partial charge < -0.3 is 0 Å². The van der Waals surface area contributed by atoms with Crippen LogP contribution in [0.2, 0.25) is 0 Å². The lowest BCUT2D eigenvalue weighted by atomic mass is 9.72. The molecule has 1 heteroatoms. The first-order valence-electron chi connectivity index (χ1n) is 8.05. The summed E-state index contributed by atoms with van der Waals surface area (Å²) in [5, 5.41) is 0. The molecule has 0 heterocycles. The summed E-state index contributed by atoms with van der Waals surface area (Å²) in [6.07, 6.45) is 1.06. The third-order valence-electron chi connectivity index (χ3n) is 4.59. The van der Waals surface area contributed by atoms with Crippen LogP contribution in [0.4, 0.5) is 0 Å². The van der Waals surface area contributed by atoms with Crippen molar-refractivity contribution in [1.29, 1.82) is 0 Å². The van der Waals surface area contributed by atoms with Crippen molar-refractivity contribution in [2.24, 2.45) is 0 Å². The largest absolute Gasteiger partial charge is 0.0619 e. The quantitative estimate of drug-likeness (QED) is 0.424. The van der Waals surface area contributed by atoms with E-state index in [9.17, 15) is 0 Å². The van der Waals surface area contributed by atoms with E-state index >= 15 is 0 Å². The number of hydrogen-bond acceptors (Lipinski definition) is 0. The van der Waals surface area contributed by atoms with Crippen molar-refractivity contribution in [2.45, 2.75) is 58.8 Å². The molecule has 0 bridgehead atoms. The monoisotopic (exact) mass is 356 g/mol. The Morgan fingerprint density at radius 3 is 2.14 bits per heavy atom. The maximum Gasteiger partial charge on any atom is 0.0259 e. The fourth-order valence-electron chi connectivity index (χ4n) is 3.73. The van der Waals surface area contributed by atoms with Gasteiger partial charge in [-0.25, -0.2) is 0 Å². The highest BCUT2D eigenvalue weighted by Gasteiger charge is 2.33. The van der Waals surface area contributed by atoms with E-state index in [1.165, 1.54) is 37.9 Å². The highest BCUT2D eigenvalue weighted by Crippen LogP contribution is 2.49. The number of halogens is 1. The third kappa shape index (κ3) is 2.44. The molecule has 0 aromatic heterocycles. The molecule has 0 saturated heterocycles. The highest BCUT2D eigenvalue weighted by atomic mass is 79.9. The molecule has 0 amide bonds. The van der Waals surface area contributed by atoms with Crippen LogP contribution in [-0.2, 0) is 17.3 Å². The van der Waals surface area contributed by atoms with Gasteiger partial charge in [0.25, 0.3) is 0 Å². The van der Waals surface area contributed by atoms with Crippen LogP contribution in [0.5, 0.6) is 0 Å². The predicted molar refractivity (Wildman–Crippen MR) is 99.8 cm³/mol. The molecule has 0 N–H and O–H groups in total. The Morgan fingerprint density at radius 1 is 0.909 bits per heavy atom. The van der Waals surface area contributed by atoms with Crippen LogP contribution < -0.4 is 0 Å². The van der Waals surface area contributed by atoms with Crippen molar-refractivity contribution < 1.29 is 0 Å². The molecule has 0 aliphatic heterocycles. The normalized spacial score (nSPS) is 14.0. The van der Waals surface area contributed by atoms with Crippen molar-refractivity contribution in [3.8, 4) is 11.1 Å². The molecule has 116 valence electrons. The minimum atomic E-state index is 0.148. The van der Waals surface area contributed by atoms with Gasteiger partial charge in [-0.15, -0.1) is 0 Å². The van der Waals surface area contributed by atoms with E-state index in [0.717, 1.165) is 6.42 Å². The number of hydrogen-bond donors (Lipinski definition) is 0. The van der Waals surface area contributed by atoms with Gasteiger partial charge in [-0.3, -0.25) is 0 Å². The molecule has 0 unspecified atom stereocenters. The minimum Gasteiger partial charge on any atom is -0.0619 e. The standard InChI is InChI=1S/C21H25Br/c1-20(2,3)16-12-17(22)18-14-10-8-7-9-13(14)11-15(18)19(16)21(4,5)6/h7-10,12H,11H2,1-6H3. The van der Waals surface area contributed by atoms with Crippen LogP contribution in [0.15, 0.2) is 34.8 Å². The maximum absolute atomic E-state index is 3.86. The molecule has 0 nitrogen and oxygen atoms in total. The second-order valence-electron chi connectivity index (χ2n) is 8.47. The van der Waals surface area contributed by atoms with Crippen LogP contribution in [0.1, 0.15) is 63.8 Å². The Labute approximate surface area is 143 Å². The van der Waals surface area contributed by atoms with E-state index in [0.29, 0.717) is 0 Å². The summed E-state index contributed by atoms with van der Waals surface area (Å²) in [7, 11) is 0. The van der Waals surface area contributed by atoms with Crippen molar-refractivity contribution >= 4 is 15.9 Å². The van der Waals surface area contributed by atoms with Gasteiger partial charge >= 0.3 is 0 Å². The molecular formula is C21H25Br. The topological polar surface area (TPSA) is 0 Å². The smallest absolute Gasteiger partial charge is 0.0259 e. The molecule has 0 fully saturated rings. The summed E-state index contributed by atoms with van der Waals surface area (Å²) in [5.41, 5.74) is 9.09. The minimum absolute atomic E-state index is 0.148. The van der Waals surface area contributed by atoms with E-state index < -0.39 is 0 Å². The van der Waals surface area contributed by atoms with Crippen molar-refractivity contribution in [1.82, 2.24) is 0 Å². The van der Waals surface area contributed by atoms with Crippen LogP contribution in [0.3, 0.4) is 0 Å². The molecular weight excluding hydrogens is 332 g/mol. The number of rotatable bonds is 0. The Morgan fingerprint density at radius 2 is 1.55 bits per heavy atom. The first-order valence-corrected chi connectivity index (χ1v) is 8.84. The fraction of sp³-hybridized carbons (Fsp3) is 0.429. The summed E-state index contributed by atoms with van der Waals surface area (Å²) in [4.78, 5) is 0. The lowest BCUT2D eigenvalue weighted by molar-refractivity contribution is 0.526. The average molecular weight is 357 g/mol. The SMILES string of the molecule is CC(C)(C)c1cc(Br)c2c(c1C(C)(C)C)Cc1ccccc1-2.